The van der Waals surface area contributed by atoms with Gasteiger partial charge in [0, 0.05) is 6.54 Å². The van der Waals surface area contributed by atoms with Gasteiger partial charge in [0.15, 0.2) is 0 Å². The maximum atomic E-state index is 11.9. The van der Waals surface area contributed by atoms with E-state index < -0.39 is 0 Å². The molecule has 0 aliphatic carbocycles. The number of fused-ring (bicyclic) bond motifs is 1. The number of carbonyl (C=O) groups is 1. The summed E-state index contributed by atoms with van der Waals surface area (Å²) in [6.07, 6.45) is 2.61. The molecule has 0 radical (unpaired) electrons. The summed E-state index contributed by atoms with van der Waals surface area (Å²) in [6, 6.07) is 10.2. The fourth-order valence-electron chi connectivity index (χ4n) is 2.16. The van der Waals surface area contributed by atoms with E-state index in [0.717, 1.165) is 18.7 Å². The van der Waals surface area contributed by atoms with Crippen molar-refractivity contribution in [2.75, 3.05) is 6.54 Å². The maximum absolute atomic E-state index is 11.9. The highest BCUT2D eigenvalue weighted by Crippen LogP contribution is 2.12. The van der Waals surface area contributed by atoms with Crippen molar-refractivity contribution in [3.63, 3.8) is 0 Å². The average Bonchev–Trinajstić information content (AvgIpc) is 2.84. The number of hydrogen-bond donors (Lipinski definition) is 0. The SMILES string of the molecule is O=C1Cn2nncc2CN1CCc1ccccc1. The van der Waals surface area contributed by atoms with Crippen LogP contribution in [-0.2, 0) is 24.3 Å². The predicted molar refractivity (Wildman–Crippen MR) is 65.6 cm³/mol. The molecule has 0 unspecified atom stereocenters. The second kappa shape index (κ2) is 4.60. The summed E-state index contributed by atoms with van der Waals surface area (Å²) in [5.41, 5.74) is 2.25. The molecule has 0 spiro atoms. The molecule has 0 saturated carbocycles. The van der Waals surface area contributed by atoms with E-state index in [1.165, 1.54) is 5.56 Å². The number of aromatic nitrogens is 3. The molecule has 1 amide bonds. The highest BCUT2D eigenvalue weighted by atomic mass is 16.2. The van der Waals surface area contributed by atoms with E-state index in [1.807, 2.05) is 23.1 Å². The lowest BCUT2D eigenvalue weighted by atomic mass is 10.1. The highest BCUT2D eigenvalue weighted by Gasteiger charge is 2.23. The maximum Gasteiger partial charge on any atom is 0.244 e. The number of carbonyl (C=O) groups excluding carboxylic acids is 1. The van der Waals surface area contributed by atoms with Gasteiger partial charge in [-0.1, -0.05) is 35.5 Å². The summed E-state index contributed by atoms with van der Waals surface area (Å²) in [7, 11) is 0. The summed E-state index contributed by atoms with van der Waals surface area (Å²) in [4.78, 5) is 13.8. The van der Waals surface area contributed by atoms with Crippen molar-refractivity contribution < 1.29 is 4.79 Å². The summed E-state index contributed by atoms with van der Waals surface area (Å²) in [5, 5.41) is 7.70. The molecule has 1 aliphatic rings. The van der Waals surface area contributed by atoms with Gasteiger partial charge >= 0.3 is 0 Å². The Labute approximate surface area is 105 Å². The fourth-order valence-corrected chi connectivity index (χ4v) is 2.16. The average molecular weight is 242 g/mol. The lowest BCUT2D eigenvalue weighted by molar-refractivity contribution is -0.134. The minimum absolute atomic E-state index is 0.115. The molecule has 2 heterocycles. The van der Waals surface area contributed by atoms with Gasteiger partial charge < -0.3 is 4.90 Å². The minimum atomic E-state index is 0.115. The van der Waals surface area contributed by atoms with E-state index in [9.17, 15) is 4.79 Å². The zero-order chi connectivity index (χ0) is 12.4. The first-order valence-corrected chi connectivity index (χ1v) is 6.02. The number of amides is 1. The largest absolute Gasteiger partial charge is 0.335 e. The number of nitrogens with zero attached hydrogens (tertiary/aromatic N) is 4. The monoisotopic (exact) mass is 242 g/mol. The second-order valence-electron chi connectivity index (χ2n) is 4.43. The van der Waals surface area contributed by atoms with Gasteiger partial charge in [-0.2, -0.15) is 0 Å². The normalized spacial score (nSPS) is 14.7. The first kappa shape index (κ1) is 11.0. The third kappa shape index (κ3) is 2.11. The molecule has 0 saturated heterocycles. The lowest BCUT2D eigenvalue weighted by Gasteiger charge is -2.27. The Morgan fingerprint density at radius 3 is 2.83 bits per heavy atom. The molecule has 0 bridgehead atoms. The Bertz CT molecular complexity index is 549. The van der Waals surface area contributed by atoms with Crippen LogP contribution in [0.3, 0.4) is 0 Å². The first-order chi connectivity index (χ1) is 8.83. The third-order valence-corrected chi connectivity index (χ3v) is 3.20. The molecule has 5 heteroatoms. The molecule has 18 heavy (non-hydrogen) atoms. The van der Waals surface area contributed by atoms with Gasteiger partial charge in [0.25, 0.3) is 0 Å². The molecule has 1 aliphatic heterocycles. The van der Waals surface area contributed by atoms with E-state index >= 15 is 0 Å². The Kier molecular flexibility index (Phi) is 2.80. The molecular weight excluding hydrogens is 228 g/mol. The standard InChI is InChI=1S/C13H14N4O/c18-13-10-17-12(8-14-15-17)9-16(13)7-6-11-4-2-1-3-5-11/h1-5,8H,6-7,9-10H2. The smallest absolute Gasteiger partial charge is 0.244 e. The van der Waals surface area contributed by atoms with Gasteiger partial charge in [0.2, 0.25) is 5.91 Å². The van der Waals surface area contributed by atoms with E-state index in [-0.39, 0.29) is 5.91 Å². The van der Waals surface area contributed by atoms with Crippen LogP contribution in [0.15, 0.2) is 36.5 Å². The molecule has 1 aromatic heterocycles. The van der Waals surface area contributed by atoms with Crippen LogP contribution in [0.1, 0.15) is 11.3 Å². The van der Waals surface area contributed by atoms with Crippen LogP contribution in [0.4, 0.5) is 0 Å². The zero-order valence-electron chi connectivity index (χ0n) is 9.99. The highest BCUT2D eigenvalue weighted by molar-refractivity contribution is 5.76. The summed E-state index contributed by atoms with van der Waals surface area (Å²) < 4.78 is 1.67. The number of rotatable bonds is 3. The van der Waals surface area contributed by atoms with E-state index in [4.69, 9.17) is 0 Å². The van der Waals surface area contributed by atoms with Crippen molar-refractivity contribution >= 4 is 5.91 Å². The second-order valence-corrected chi connectivity index (χ2v) is 4.43. The number of benzene rings is 1. The quantitative estimate of drug-likeness (QED) is 0.802. The molecule has 92 valence electrons. The van der Waals surface area contributed by atoms with Gasteiger partial charge in [0.1, 0.15) is 6.54 Å². The van der Waals surface area contributed by atoms with Crippen LogP contribution in [-0.4, -0.2) is 32.3 Å². The molecule has 5 nitrogen and oxygen atoms in total. The van der Waals surface area contributed by atoms with Gasteiger partial charge in [-0.25, -0.2) is 4.68 Å². The first-order valence-electron chi connectivity index (χ1n) is 6.02. The molecule has 0 atom stereocenters. The van der Waals surface area contributed by atoms with Gasteiger partial charge in [-0.15, -0.1) is 5.10 Å². The minimum Gasteiger partial charge on any atom is -0.335 e. The molecule has 2 aromatic rings. The molecular formula is C13H14N4O. The number of hydrogen-bond acceptors (Lipinski definition) is 3. The Balaban J connectivity index is 1.66. The van der Waals surface area contributed by atoms with E-state index in [1.54, 1.807) is 10.9 Å². The summed E-state index contributed by atoms with van der Waals surface area (Å²) in [6.45, 7) is 1.66. The lowest BCUT2D eigenvalue weighted by Crippen LogP contribution is -2.40. The third-order valence-electron chi connectivity index (χ3n) is 3.20. The summed E-state index contributed by atoms with van der Waals surface area (Å²) in [5.74, 6) is 0.115. The van der Waals surface area contributed by atoms with Crippen LogP contribution in [0, 0.1) is 0 Å². The Morgan fingerprint density at radius 2 is 2.00 bits per heavy atom. The summed E-state index contributed by atoms with van der Waals surface area (Å²) >= 11 is 0. The van der Waals surface area contributed by atoms with Crippen LogP contribution in [0.2, 0.25) is 0 Å². The van der Waals surface area contributed by atoms with Crippen LogP contribution >= 0.6 is 0 Å². The van der Waals surface area contributed by atoms with Gasteiger partial charge in [0.05, 0.1) is 18.4 Å². The van der Waals surface area contributed by atoms with E-state index in [0.29, 0.717) is 13.1 Å². The van der Waals surface area contributed by atoms with Crippen LogP contribution < -0.4 is 0 Å². The van der Waals surface area contributed by atoms with Crippen molar-refractivity contribution in [3.8, 4) is 0 Å². The van der Waals surface area contributed by atoms with Gasteiger partial charge in [-0.3, -0.25) is 4.79 Å². The van der Waals surface area contributed by atoms with Crippen molar-refractivity contribution in [1.29, 1.82) is 0 Å². The van der Waals surface area contributed by atoms with Crippen LogP contribution in [0.5, 0.6) is 0 Å². The Hall–Kier alpha value is -2.17. The van der Waals surface area contributed by atoms with Crippen LogP contribution in [0.25, 0.3) is 0 Å². The van der Waals surface area contributed by atoms with Crippen molar-refractivity contribution in [3.05, 3.63) is 47.8 Å². The Morgan fingerprint density at radius 1 is 1.17 bits per heavy atom. The topological polar surface area (TPSA) is 51.0 Å². The van der Waals surface area contributed by atoms with Gasteiger partial charge in [-0.05, 0) is 12.0 Å². The van der Waals surface area contributed by atoms with Crippen molar-refractivity contribution in [2.24, 2.45) is 0 Å². The van der Waals surface area contributed by atoms with Crippen molar-refractivity contribution in [1.82, 2.24) is 19.9 Å². The zero-order valence-corrected chi connectivity index (χ0v) is 9.99. The molecule has 0 N–H and O–H groups in total. The van der Waals surface area contributed by atoms with E-state index in [2.05, 4.69) is 22.4 Å². The van der Waals surface area contributed by atoms with Crippen molar-refractivity contribution in [2.45, 2.75) is 19.5 Å². The molecule has 1 aromatic carbocycles. The predicted octanol–water partition coefficient (Wildman–Crippen LogP) is 0.863. The fraction of sp³-hybridized carbons (Fsp3) is 0.308. The molecule has 0 fully saturated rings. The molecule has 3 rings (SSSR count).